The molecule has 0 radical (unpaired) electrons. The van der Waals surface area contributed by atoms with Gasteiger partial charge in [-0.05, 0) is 17.7 Å². The number of carbonyl (C=O) groups is 1. The van der Waals surface area contributed by atoms with Gasteiger partial charge in [-0.25, -0.2) is 0 Å². The highest BCUT2D eigenvalue weighted by molar-refractivity contribution is 6.67. The van der Waals surface area contributed by atoms with Crippen LogP contribution in [0.4, 0.5) is 5.69 Å². The molecule has 0 atom stereocenters. The Hall–Kier alpha value is -0.960. The SMILES string of the molecule is CNc1cc(C(=O)Cl)n(C)c1. The van der Waals surface area contributed by atoms with Crippen LogP contribution in [0, 0.1) is 0 Å². The van der Waals surface area contributed by atoms with E-state index >= 15 is 0 Å². The Morgan fingerprint density at radius 1 is 1.73 bits per heavy atom. The number of nitrogens with one attached hydrogen (secondary N) is 1. The summed E-state index contributed by atoms with van der Waals surface area (Å²) < 4.78 is 1.68. The summed E-state index contributed by atoms with van der Waals surface area (Å²) in [4.78, 5) is 10.7. The molecular weight excluding hydrogens is 164 g/mol. The van der Waals surface area contributed by atoms with Crippen molar-refractivity contribution >= 4 is 22.5 Å². The third kappa shape index (κ3) is 1.54. The number of halogens is 1. The molecule has 0 bridgehead atoms. The Morgan fingerprint density at radius 2 is 2.36 bits per heavy atom. The maximum atomic E-state index is 10.7. The van der Waals surface area contributed by atoms with Crippen molar-refractivity contribution in [2.75, 3.05) is 12.4 Å². The first-order valence-electron chi connectivity index (χ1n) is 3.19. The van der Waals surface area contributed by atoms with E-state index in [1.54, 1.807) is 30.9 Å². The van der Waals surface area contributed by atoms with Crippen LogP contribution in [-0.2, 0) is 7.05 Å². The van der Waals surface area contributed by atoms with Crippen molar-refractivity contribution in [3.8, 4) is 0 Å². The van der Waals surface area contributed by atoms with Gasteiger partial charge in [0.1, 0.15) is 5.69 Å². The Balaban J connectivity index is 3.07. The van der Waals surface area contributed by atoms with Crippen LogP contribution in [-0.4, -0.2) is 16.9 Å². The Bertz CT molecular complexity index is 280. The van der Waals surface area contributed by atoms with E-state index < -0.39 is 5.24 Å². The fourth-order valence-corrected chi connectivity index (χ4v) is 1.08. The number of carbonyl (C=O) groups excluding carboxylic acids is 1. The van der Waals surface area contributed by atoms with Crippen LogP contribution in [0.1, 0.15) is 10.5 Å². The normalized spacial score (nSPS) is 9.73. The Labute approximate surface area is 70.0 Å². The molecule has 0 aliphatic heterocycles. The number of rotatable bonds is 2. The number of hydrogen-bond donors (Lipinski definition) is 1. The standard InChI is InChI=1S/C7H9ClN2O/c1-9-5-3-6(7(8)11)10(2)4-5/h3-4,9H,1-2H3. The molecule has 1 aromatic rings. The number of anilines is 1. The van der Waals surface area contributed by atoms with Crippen molar-refractivity contribution in [3.05, 3.63) is 18.0 Å². The van der Waals surface area contributed by atoms with Crippen molar-refractivity contribution in [1.82, 2.24) is 4.57 Å². The third-order valence-corrected chi connectivity index (χ3v) is 1.69. The number of hydrogen-bond acceptors (Lipinski definition) is 2. The number of nitrogens with zero attached hydrogens (tertiary/aromatic N) is 1. The largest absolute Gasteiger partial charge is 0.387 e. The molecule has 3 nitrogen and oxygen atoms in total. The summed E-state index contributed by atoms with van der Waals surface area (Å²) in [5.41, 5.74) is 1.38. The summed E-state index contributed by atoms with van der Waals surface area (Å²) in [6, 6.07) is 1.70. The average Bonchev–Trinajstić information content (AvgIpc) is 2.30. The molecule has 0 saturated heterocycles. The lowest BCUT2D eigenvalue weighted by Crippen LogP contribution is -1.97. The zero-order chi connectivity index (χ0) is 8.43. The summed E-state index contributed by atoms with van der Waals surface area (Å²) >= 11 is 5.29. The molecule has 1 rings (SSSR count). The van der Waals surface area contributed by atoms with Crippen LogP contribution < -0.4 is 5.32 Å². The molecule has 0 amide bonds. The Morgan fingerprint density at radius 3 is 2.64 bits per heavy atom. The molecule has 0 fully saturated rings. The fourth-order valence-electron chi connectivity index (χ4n) is 0.897. The summed E-state index contributed by atoms with van der Waals surface area (Å²) in [6.07, 6.45) is 1.80. The Kier molecular flexibility index (Phi) is 2.19. The van der Waals surface area contributed by atoms with Gasteiger partial charge in [0.05, 0.1) is 5.69 Å². The maximum absolute atomic E-state index is 10.7. The van der Waals surface area contributed by atoms with E-state index in [2.05, 4.69) is 5.32 Å². The zero-order valence-corrected chi connectivity index (χ0v) is 7.14. The molecule has 60 valence electrons. The molecule has 0 unspecified atom stereocenters. The van der Waals surface area contributed by atoms with Crippen molar-refractivity contribution < 1.29 is 4.79 Å². The van der Waals surface area contributed by atoms with Gasteiger partial charge >= 0.3 is 0 Å². The van der Waals surface area contributed by atoms with Gasteiger partial charge in [-0.2, -0.15) is 0 Å². The van der Waals surface area contributed by atoms with Crippen molar-refractivity contribution in [3.63, 3.8) is 0 Å². The van der Waals surface area contributed by atoms with E-state index in [9.17, 15) is 4.79 Å². The van der Waals surface area contributed by atoms with E-state index in [-0.39, 0.29) is 0 Å². The molecular formula is C7H9ClN2O. The first-order chi connectivity index (χ1) is 5.15. The van der Waals surface area contributed by atoms with Crippen LogP contribution in [0.15, 0.2) is 12.3 Å². The van der Waals surface area contributed by atoms with Gasteiger partial charge < -0.3 is 9.88 Å². The summed E-state index contributed by atoms with van der Waals surface area (Å²) in [6.45, 7) is 0. The van der Waals surface area contributed by atoms with E-state index in [0.29, 0.717) is 5.69 Å². The maximum Gasteiger partial charge on any atom is 0.268 e. The monoisotopic (exact) mass is 172 g/mol. The van der Waals surface area contributed by atoms with Crippen LogP contribution >= 0.6 is 11.6 Å². The highest BCUT2D eigenvalue weighted by Gasteiger charge is 2.07. The first kappa shape index (κ1) is 8.14. The minimum Gasteiger partial charge on any atom is -0.387 e. The average molecular weight is 173 g/mol. The van der Waals surface area contributed by atoms with Crippen LogP contribution in [0.25, 0.3) is 0 Å². The van der Waals surface area contributed by atoms with Gasteiger partial charge in [-0.1, -0.05) is 0 Å². The third-order valence-electron chi connectivity index (χ3n) is 1.49. The van der Waals surface area contributed by atoms with Gasteiger partial charge in [-0.15, -0.1) is 0 Å². The highest BCUT2D eigenvalue weighted by atomic mass is 35.5. The molecule has 0 aliphatic carbocycles. The topological polar surface area (TPSA) is 34.0 Å². The predicted molar refractivity (Wildman–Crippen MR) is 45.1 cm³/mol. The summed E-state index contributed by atoms with van der Waals surface area (Å²) in [7, 11) is 3.56. The molecule has 1 heterocycles. The van der Waals surface area contributed by atoms with E-state index in [0.717, 1.165) is 5.69 Å². The molecule has 1 aromatic heterocycles. The van der Waals surface area contributed by atoms with Crippen LogP contribution in [0.3, 0.4) is 0 Å². The lowest BCUT2D eigenvalue weighted by Gasteiger charge is -1.92. The van der Waals surface area contributed by atoms with Gasteiger partial charge in [0.15, 0.2) is 0 Å². The predicted octanol–water partition coefficient (Wildman–Crippen LogP) is 1.45. The van der Waals surface area contributed by atoms with Crippen LogP contribution in [0.5, 0.6) is 0 Å². The van der Waals surface area contributed by atoms with Gasteiger partial charge in [0.2, 0.25) is 0 Å². The molecule has 1 N–H and O–H groups in total. The molecule has 0 spiro atoms. The fraction of sp³-hybridized carbons (Fsp3) is 0.286. The summed E-state index contributed by atoms with van der Waals surface area (Å²) in [5.74, 6) is 0. The first-order valence-corrected chi connectivity index (χ1v) is 3.57. The molecule has 0 aliphatic rings. The van der Waals surface area contributed by atoms with Crippen molar-refractivity contribution in [2.45, 2.75) is 0 Å². The second-order valence-electron chi connectivity index (χ2n) is 2.25. The quantitative estimate of drug-likeness (QED) is 0.686. The minimum absolute atomic E-state index is 0.436. The van der Waals surface area contributed by atoms with Crippen molar-refractivity contribution in [1.29, 1.82) is 0 Å². The zero-order valence-electron chi connectivity index (χ0n) is 6.39. The van der Waals surface area contributed by atoms with Gasteiger partial charge in [0.25, 0.3) is 5.24 Å². The molecule has 4 heteroatoms. The smallest absolute Gasteiger partial charge is 0.268 e. The van der Waals surface area contributed by atoms with E-state index in [1.165, 1.54) is 0 Å². The lowest BCUT2D eigenvalue weighted by atomic mass is 10.4. The second-order valence-corrected chi connectivity index (χ2v) is 2.59. The van der Waals surface area contributed by atoms with Gasteiger partial charge in [-0.3, -0.25) is 4.79 Å². The molecule has 11 heavy (non-hydrogen) atoms. The molecule has 0 aromatic carbocycles. The highest BCUT2D eigenvalue weighted by Crippen LogP contribution is 2.13. The number of aromatic nitrogens is 1. The number of aryl methyl sites for hydroxylation is 1. The van der Waals surface area contributed by atoms with E-state index in [1.807, 2.05) is 0 Å². The second kappa shape index (κ2) is 2.96. The van der Waals surface area contributed by atoms with Crippen LogP contribution in [0.2, 0.25) is 0 Å². The summed E-state index contributed by atoms with van der Waals surface area (Å²) in [5, 5.41) is 2.48. The van der Waals surface area contributed by atoms with Gasteiger partial charge in [0, 0.05) is 20.3 Å². The van der Waals surface area contributed by atoms with Crippen molar-refractivity contribution in [2.24, 2.45) is 7.05 Å². The lowest BCUT2D eigenvalue weighted by molar-refractivity contribution is 0.107. The minimum atomic E-state index is -0.436. The van der Waals surface area contributed by atoms with E-state index in [4.69, 9.17) is 11.6 Å². The molecule has 0 saturated carbocycles.